The van der Waals surface area contributed by atoms with E-state index in [0.29, 0.717) is 6.42 Å². The number of hydrogen-bond donors (Lipinski definition) is 2. The molecule has 0 rings (SSSR count). The lowest BCUT2D eigenvalue weighted by Crippen LogP contribution is -2.12. The van der Waals surface area contributed by atoms with Gasteiger partial charge in [0.25, 0.3) is 0 Å². The first-order valence-electron chi connectivity index (χ1n) is 2.60. The predicted octanol–water partition coefficient (Wildman–Crippen LogP) is 1.36. The molecular weight excluding hydrogens is 126 g/mol. The van der Waals surface area contributed by atoms with E-state index in [1.807, 2.05) is 6.92 Å². The number of rotatable bonds is 3. The zero-order chi connectivity index (χ0) is 6.57. The Balaban J connectivity index is 3.32. The molecule has 8 heavy (non-hydrogen) atoms. The minimum atomic E-state index is -0.735. The molecule has 0 aliphatic carbocycles. The SMILES string of the molecule is CCCC(O)C(=N)Cl. The summed E-state index contributed by atoms with van der Waals surface area (Å²) in [6.07, 6.45) is 0.708. The van der Waals surface area contributed by atoms with Crippen LogP contribution in [-0.2, 0) is 0 Å². The van der Waals surface area contributed by atoms with Gasteiger partial charge in [-0.05, 0) is 6.42 Å². The first kappa shape index (κ1) is 7.92. The summed E-state index contributed by atoms with van der Waals surface area (Å²) < 4.78 is 0. The Morgan fingerprint density at radius 3 is 2.50 bits per heavy atom. The molecule has 0 aromatic rings. The summed E-state index contributed by atoms with van der Waals surface area (Å²) >= 11 is 5.14. The van der Waals surface area contributed by atoms with Gasteiger partial charge in [0.2, 0.25) is 0 Å². The normalized spacial score (nSPS) is 13.4. The highest BCUT2D eigenvalue weighted by Crippen LogP contribution is 1.99. The first-order chi connectivity index (χ1) is 3.68. The van der Waals surface area contributed by atoms with E-state index in [9.17, 15) is 0 Å². The van der Waals surface area contributed by atoms with Gasteiger partial charge in [0.05, 0.1) is 0 Å². The Labute approximate surface area is 54.0 Å². The highest BCUT2D eigenvalue weighted by atomic mass is 35.5. The molecule has 2 N–H and O–H groups in total. The Bertz CT molecular complexity index is 84.5. The van der Waals surface area contributed by atoms with Crippen LogP contribution in [0.3, 0.4) is 0 Å². The number of aliphatic hydroxyl groups is 1. The lowest BCUT2D eigenvalue weighted by Gasteiger charge is -2.02. The van der Waals surface area contributed by atoms with Crippen LogP contribution in [0.4, 0.5) is 0 Å². The van der Waals surface area contributed by atoms with Crippen LogP contribution in [0.15, 0.2) is 0 Å². The van der Waals surface area contributed by atoms with Crippen molar-refractivity contribution < 1.29 is 5.11 Å². The summed E-state index contributed by atoms with van der Waals surface area (Å²) in [7, 11) is 0. The Kier molecular flexibility index (Phi) is 3.83. The van der Waals surface area contributed by atoms with Gasteiger partial charge in [0.15, 0.2) is 0 Å². The van der Waals surface area contributed by atoms with Gasteiger partial charge >= 0.3 is 0 Å². The largest absolute Gasteiger partial charge is 0.386 e. The molecule has 1 unspecified atom stereocenters. The second-order valence-electron chi connectivity index (χ2n) is 1.65. The monoisotopic (exact) mass is 135 g/mol. The van der Waals surface area contributed by atoms with Crippen molar-refractivity contribution in [1.82, 2.24) is 0 Å². The predicted molar refractivity (Wildman–Crippen MR) is 34.5 cm³/mol. The Morgan fingerprint density at radius 2 is 2.38 bits per heavy atom. The van der Waals surface area contributed by atoms with Gasteiger partial charge < -0.3 is 5.11 Å². The molecule has 0 amide bonds. The average molecular weight is 136 g/mol. The second-order valence-corrected chi connectivity index (χ2v) is 2.06. The molecule has 0 aliphatic heterocycles. The number of halogens is 1. The topological polar surface area (TPSA) is 44.1 Å². The van der Waals surface area contributed by atoms with Crippen molar-refractivity contribution in [2.24, 2.45) is 0 Å². The van der Waals surface area contributed by atoms with Gasteiger partial charge in [-0.25, -0.2) is 0 Å². The van der Waals surface area contributed by atoms with E-state index in [0.717, 1.165) is 6.42 Å². The van der Waals surface area contributed by atoms with Gasteiger partial charge in [-0.3, -0.25) is 5.41 Å². The third-order valence-electron chi connectivity index (χ3n) is 0.855. The van der Waals surface area contributed by atoms with Crippen LogP contribution in [0.1, 0.15) is 19.8 Å². The molecule has 0 spiro atoms. The highest BCUT2D eigenvalue weighted by Gasteiger charge is 2.04. The number of nitrogens with one attached hydrogen (secondary N) is 1. The quantitative estimate of drug-likeness (QED) is 0.564. The van der Waals surface area contributed by atoms with Crippen LogP contribution in [0.5, 0.6) is 0 Å². The van der Waals surface area contributed by atoms with Gasteiger partial charge in [-0.15, -0.1) is 0 Å². The minimum absolute atomic E-state index is 0.160. The van der Waals surface area contributed by atoms with E-state index < -0.39 is 6.10 Å². The fourth-order valence-corrected chi connectivity index (χ4v) is 0.509. The molecule has 0 bridgehead atoms. The maximum Gasteiger partial charge on any atom is 0.126 e. The zero-order valence-corrected chi connectivity index (χ0v) is 5.57. The van der Waals surface area contributed by atoms with E-state index in [1.54, 1.807) is 0 Å². The molecule has 0 fully saturated rings. The Hall–Kier alpha value is -0.0800. The van der Waals surface area contributed by atoms with Crippen molar-refractivity contribution in [3.8, 4) is 0 Å². The van der Waals surface area contributed by atoms with E-state index in [-0.39, 0.29) is 5.17 Å². The highest BCUT2D eigenvalue weighted by molar-refractivity contribution is 6.65. The lowest BCUT2D eigenvalue weighted by molar-refractivity contribution is 0.231. The van der Waals surface area contributed by atoms with Crippen molar-refractivity contribution in [2.75, 3.05) is 0 Å². The molecule has 0 saturated carbocycles. The third-order valence-corrected chi connectivity index (χ3v) is 1.11. The van der Waals surface area contributed by atoms with Gasteiger partial charge in [-0.2, -0.15) is 0 Å². The molecule has 0 aromatic carbocycles. The molecule has 3 heteroatoms. The summed E-state index contributed by atoms with van der Waals surface area (Å²) in [5.74, 6) is 0. The van der Waals surface area contributed by atoms with Crippen molar-refractivity contribution in [2.45, 2.75) is 25.9 Å². The van der Waals surface area contributed by atoms with Crippen molar-refractivity contribution in [3.05, 3.63) is 0 Å². The van der Waals surface area contributed by atoms with Gasteiger partial charge in [0.1, 0.15) is 11.3 Å². The van der Waals surface area contributed by atoms with Crippen LogP contribution in [-0.4, -0.2) is 16.4 Å². The van der Waals surface area contributed by atoms with E-state index in [2.05, 4.69) is 0 Å². The molecule has 0 aromatic heterocycles. The first-order valence-corrected chi connectivity index (χ1v) is 2.98. The summed E-state index contributed by atoms with van der Waals surface area (Å²) in [6, 6.07) is 0. The minimum Gasteiger partial charge on any atom is -0.386 e. The fraction of sp³-hybridized carbons (Fsp3) is 0.800. The molecule has 0 radical (unpaired) electrons. The van der Waals surface area contributed by atoms with E-state index in [1.165, 1.54) is 0 Å². The van der Waals surface area contributed by atoms with Crippen molar-refractivity contribution >= 4 is 16.8 Å². The number of hydrogen-bond acceptors (Lipinski definition) is 2. The molecule has 1 atom stereocenters. The molecule has 0 saturated heterocycles. The smallest absolute Gasteiger partial charge is 0.126 e. The molecule has 0 aliphatic rings. The zero-order valence-electron chi connectivity index (χ0n) is 4.82. The second kappa shape index (κ2) is 3.87. The summed E-state index contributed by atoms with van der Waals surface area (Å²) in [6.45, 7) is 1.93. The van der Waals surface area contributed by atoms with Crippen LogP contribution in [0.25, 0.3) is 0 Å². The third kappa shape index (κ3) is 2.99. The Morgan fingerprint density at radius 1 is 1.88 bits per heavy atom. The maximum atomic E-state index is 8.77. The fourth-order valence-electron chi connectivity index (χ4n) is 0.400. The van der Waals surface area contributed by atoms with Crippen molar-refractivity contribution in [1.29, 1.82) is 5.41 Å². The summed E-state index contributed by atoms with van der Waals surface area (Å²) in [5, 5.41) is 15.3. The van der Waals surface area contributed by atoms with E-state index in [4.69, 9.17) is 22.1 Å². The lowest BCUT2D eigenvalue weighted by atomic mass is 10.2. The number of aliphatic hydroxyl groups excluding tert-OH is 1. The molecule has 2 nitrogen and oxygen atoms in total. The maximum absolute atomic E-state index is 8.77. The van der Waals surface area contributed by atoms with Crippen molar-refractivity contribution in [3.63, 3.8) is 0 Å². The average Bonchev–Trinajstić information content (AvgIpc) is 1.67. The molecular formula is C5H10ClNO. The standard InChI is InChI=1S/C5H10ClNO/c1-2-3-4(8)5(6)7/h4,7-8H,2-3H2,1H3. The van der Waals surface area contributed by atoms with E-state index >= 15 is 0 Å². The summed E-state index contributed by atoms with van der Waals surface area (Å²) in [4.78, 5) is 0. The van der Waals surface area contributed by atoms with Crippen LogP contribution >= 0.6 is 11.6 Å². The van der Waals surface area contributed by atoms with Gasteiger partial charge in [-0.1, -0.05) is 24.9 Å². The molecule has 0 heterocycles. The van der Waals surface area contributed by atoms with Gasteiger partial charge in [0, 0.05) is 0 Å². The van der Waals surface area contributed by atoms with Crippen LogP contribution < -0.4 is 0 Å². The van der Waals surface area contributed by atoms with Crippen LogP contribution in [0.2, 0.25) is 0 Å². The summed E-state index contributed by atoms with van der Waals surface area (Å²) in [5.41, 5.74) is 0. The molecule has 48 valence electrons. The van der Waals surface area contributed by atoms with Crippen LogP contribution in [0, 0.1) is 5.41 Å².